The van der Waals surface area contributed by atoms with E-state index in [4.69, 9.17) is 14.2 Å². The van der Waals surface area contributed by atoms with Gasteiger partial charge in [0.1, 0.15) is 6.61 Å². The summed E-state index contributed by atoms with van der Waals surface area (Å²) in [5.41, 5.74) is 1.26. The number of sulfonamides is 1. The third-order valence-corrected chi connectivity index (χ3v) is 7.98. The van der Waals surface area contributed by atoms with Crippen LogP contribution in [-0.2, 0) is 19.6 Å². The average Bonchev–Trinajstić information content (AvgIpc) is 3.39. The molecule has 5 rings (SSSR count). The lowest BCUT2D eigenvalue weighted by Crippen LogP contribution is -2.41. The molecule has 1 atom stereocenters. The molecule has 0 aliphatic carbocycles. The third-order valence-electron chi connectivity index (χ3n) is 6.08. The lowest BCUT2D eigenvalue weighted by Gasteiger charge is -2.28. The number of amides is 1. The predicted octanol–water partition coefficient (Wildman–Crippen LogP) is 2.09. The number of benzene rings is 2. The lowest BCUT2D eigenvalue weighted by molar-refractivity contribution is -0.125. The summed E-state index contributed by atoms with van der Waals surface area (Å²) in [5, 5.41) is 2.91. The van der Waals surface area contributed by atoms with E-state index in [0.717, 1.165) is 31.6 Å². The van der Waals surface area contributed by atoms with E-state index in [1.807, 2.05) is 12.1 Å². The maximum Gasteiger partial charge on any atom is 0.269 e. The number of nitrogens with one attached hydrogen (secondary N) is 1. The maximum absolute atomic E-state index is 13.2. The highest BCUT2D eigenvalue weighted by Crippen LogP contribution is 2.34. The highest BCUT2D eigenvalue weighted by molar-refractivity contribution is 7.89. The van der Waals surface area contributed by atoms with Crippen LogP contribution in [0, 0.1) is 0 Å². The van der Waals surface area contributed by atoms with E-state index in [1.165, 1.54) is 4.31 Å². The van der Waals surface area contributed by atoms with Crippen molar-refractivity contribution in [3.05, 3.63) is 42.5 Å². The first-order valence-electron chi connectivity index (χ1n) is 11.2. The van der Waals surface area contributed by atoms with Crippen LogP contribution in [0.15, 0.2) is 47.4 Å². The van der Waals surface area contributed by atoms with Crippen LogP contribution in [0.5, 0.6) is 11.5 Å². The fourth-order valence-corrected chi connectivity index (χ4v) is 5.74. The summed E-state index contributed by atoms with van der Waals surface area (Å²) >= 11 is 0. The van der Waals surface area contributed by atoms with Crippen molar-refractivity contribution in [2.75, 3.05) is 56.2 Å². The van der Waals surface area contributed by atoms with E-state index < -0.39 is 16.1 Å². The van der Waals surface area contributed by atoms with Gasteiger partial charge in [0, 0.05) is 26.2 Å². The molecule has 176 valence electrons. The van der Waals surface area contributed by atoms with E-state index in [1.54, 1.807) is 30.3 Å². The molecular formula is C23H27N3O6S. The predicted molar refractivity (Wildman–Crippen MR) is 122 cm³/mol. The number of carbonyl (C=O) groups excluding carboxylic acids is 1. The molecule has 1 unspecified atom stereocenters. The zero-order valence-electron chi connectivity index (χ0n) is 18.2. The molecule has 3 aliphatic rings. The summed E-state index contributed by atoms with van der Waals surface area (Å²) < 4.78 is 44.6. The summed E-state index contributed by atoms with van der Waals surface area (Å²) in [5.74, 6) is 0.719. The standard InChI is InChI=1S/C23H27N3O6S/c27-23(22-16-31-20-5-1-2-6-21(20)32-22)24-18-15-17(7-8-19(18)25-9-3-4-10-25)33(28,29)26-11-13-30-14-12-26/h1-2,5-8,15,22H,3-4,9-14,16H2,(H,24,27). The Labute approximate surface area is 193 Å². The minimum Gasteiger partial charge on any atom is -0.485 e. The molecule has 3 aliphatic heterocycles. The van der Waals surface area contributed by atoms with Crippen LogP contribution in [0.3, 0.4) is 0 Å². The Balaban J connectivity index is 1.42. The normalized spacial score (nSPS) is 21.1. The van der Waals surface area contributed by atoms with Gasteiger partial charge in [0.05, 0.1) is 29.5 Å². The van der Waals surface area contributed by atoms with Gasteiger partial charge in [-0.3, -0.25) is 4.79 Å². The van der Waals surface area contributed by atoms with Crippen molar-refractivity contribution >= 4 is 27.3 Å². The lowest BCUT2D eigenvalue weighted by atomic mass is 10.2. The minimum absolute atomic E-state index is 0.0770. The molecule has 2 aromatic carbocycles. The summed E-state index contributed by atoms with van der Waals surface area (Å²) in [4.78, 5) is 15.4. The first-order chi connectivity index (χ1) is 16.0. The topological polar surface area (TPSA) is 97.4 Å². The van der Waals surface area contributed by atoms with Crippen LogP contribution < -0.4 is 19.7 Å². The van der Waals surface area contributed by atoms with Crippen LogP contribution in [0.2, 0.25) is 0 Å². The van der Waals surface area contributed by atoms with Crippen LogP contribution in [0.1, 0.15) is 12.8 Å². The van der Waals surface area contributed by atoms with E-state index >= 15 is 0 Å². The minimum atomic E-state index is -3.70. The van der Waals surface area contributed by atoms with Gasteiger partial charge in [0.25, 0.3) is 5.91 Å². The van der Waals surface area contributed by atoms with Crippen molar-refractivity contribution in [1.82, 2.24) is 4.31 Å². The largest absolute Gasteiger partial charge is 0.485 e. The van der Waals surface area contributed by atoms with Crippen LogP contribution >= 0.6 is 0 Å². The first-order valence-corrected chi connectivity index (χ1v) is 12.6. The molecule has 2 saturated heterocycles. The van der Waals surface area contributed by atoms with Gasteiger partial charge in [0.2, 0.25) is 16.1 Å². The fraction of sp³-hybridized carbons (Fsp3) is 0.435. The zero-order chi connectivity index (χ0) is 22.8. The van der Waals surface area contributed by atoms with Gasteiger partial charge in [0.15, 0.2) is 11.5 Å². The van der Waals surface area contributed by atoms with E-state index in [-0.39, 0.29) is 17.4 Å². The van der Waals surface area contributed by atoms with Crippen molar-refractivity contribution in [1.29, 1.82) is 0 Å². The van der Waals surface area contributed by atoms with Crippen LogP contribution in [0.25, 0.3) is 0 Å². The third kappa shape index (κ3) is 4.50. The first kappa shape index (κ1) is 22.0. The molecular weight excluding hydrogens is 446 g/mol. The average molecular weight is 474 g/mol. The van der Waals surface area contributed by atoms with Crippen LogP contribution in [0.4, 0.5) is 11.4 Å². The van der Waals surface area contributed by atoms with Gasteiger partial charge in [-0.1, -0.05) is 12.1 Å². The monoisotopic (exact) mass is 473 g/mol. The number of rotatable bonds is 5. The Hall–Kier alpha value is -2.82. The van der Waals surface area contributed by atoms with Gasteiger partial charge in [-0.05, 0) is 43.2 Å². The molecule has 2 aromatic rings. The van der Waals surface area contributed by atoms with E-state index in [2.05, 4.69) is 10.2 Å². The molecule has 1 amide bonds. The Morgan fingerprint density at radius 3 is 2.45 bits per heavy atom. The number of carbonyl (C=O) groups is 1. The second-order valence-corrected chi connectivity index (χ2v) is 10.2. The number of fused-ring (bicyclic) bond motifs is 1. The Bertz CT molecular complexity index is 1130. The molecule has 0 spiro atoms. The summed E-state index contributed by atoms with van der Waals surface area (Å²) in [6.45, 7) is 3.15. The molecule has 0 aromatic heterocycles. The Morgan fingerprint density at radius 2 is 1.70 bits per heavy atom. The van der Waals surface area contributed by atoms with Gasteiger partial charge < -0.3 is 24.4 Å². The molecule has 0 saturated carbocycles. The number of hydrogen-bond acceptors (Lipinski definition) is 7. The van der Waals surface area contributed by atoms with E-state index in [0.29, 0.717) is 43.5 Å². The quantitative estimate of drug-likeness (QED) is 0.710. The highest BCUT2D eigenvalue weighted by atomic mass is 32.2. The maximum atomic E-state index is 13.2. The summed E-state index contributed by atoms with van der Waals surface area (Å²) in [7, 11) is -3.70. The fourth-order valence-electron chi connectivity index (χ4n) is 4.31. The van der Waals surface area contributed by atoms with Gasteiger partial charge in [-0.15, -0.1) is 0 Å². The number of morpholine rings is 1. The van der Waals surface area contributed by atoms with Crippen LogP contribution in [-0.4, -0.2) is 70.7 Å². The molecule has 10 heteroatoms. The van der Waals surface area contributed by atoms with Crippen molar-refractivity contribution < 1.29 is 27.4 Å². The van der Waals surface area contributed by atoms with Gasteiger partial charge >= 0.3 is 0 Å². The smallest absolute Gasteiger partial charge is 0.269 e. The molecule has 3 heterocycles. The Kier molecular flexibility index (Phi) is 6.13. The molecule has 1 N–H and O–H groups in total. The second-order valence-electron chi connectivity index (χ2n) is 8.24. The molecule has 0 radical (unpaired) electrons. The summed E-state index contributed by atoms with van der Waals surface area (Å²) in [6.07, 6.45) is 1.26. The number of nitrogens with zero attached hydrogens (tertiary/aromatic N) is 2. The second kappa shape index (κ2) is 9.20. The molecule has 2 fully saturated rings. The van der Waals surface area contributed by atoms with Crippen molar-refractivity contribution in [2.24, 2.45) is 0 Å². The number of para-hydroxylation sites is 2. The molecule has 0 bridgehead atoms. The van der Waals surface area contributed by atoms with Crippen molar-refractivity contribution in [3.8, 4) is 11.5 Å². The molecule has 33 heavy (non-hydrogen) atoms. The number of hydrogen-bond donors (Lipinski definition) is 1. The van der Waals surface area contributed by atoms with Crippen molar-refractivity contribution in [3.63, 3.8) is 0 Å². The molecule has 9 nitrogen and oxygen atoms in total. The zero-order valence-corrected chi connectivity index (χ0v) is 19.1. The van der Waals surface area contributed by atoms with E-state index in [9.17, 15) is 13.2 Å². The SMILES string of the molecule is O=C(Nc1cc(S(=O)(=O)N2CCOCC2)ccc1N1CCCC1)C1COc2ccccc2O1. The summed E-state index contributed by atoms with van der Waals surface area (Å²) in [6, 6.07) is 12.1. The van der Waals surface area contributed by atoms with Gasteiger partial charge in [-0.25, -0.2) is 8.42 Å². The van der Waals surface area contributed by atoms with Crippen molar-refractivity contribution in [2.45, 2.75) is 23.8 Å². The Morgan fingerprint density at radius 1 is 0.970 bits per heavy atom. The number of ether oxygens (including phenoxy) is 3. The number of anilines is 2. The van der Waals surface area contributed by atoms with Gasteiger partial charge in [-0.2, -0.15) is 4.31 Å². The highest BCUT2D eigenvalue weighted by Gasteiger charge is 2.31.